The summed E-state index contributed by atoms with van der Waals surface area (Å²) in [6.45, 7) is 0. The van der Waals surface area contributed by atoms with Gasteiger partial charge in [-0.3, -0.25) is 0 Å². The zero-order valence-electron chi connectivity index (χ0n) is 10.4. The van der Waals surface area contributed by atoms with Gasteiger partial charge in [0.1, 0.15) is 0 Å². The average Bonchev–Trinajstić information content (AvgIpc) is 2.40. The summed E-state index contributed by atoms with van der Waals surface area (Å²) in [5.41, 5.74) is 7.35. The van der Waals surface area contributed by atoms with Crippen LogP contribution in [-0.4, -0.2) is 17.3 Å². The monoisotopic (exact) mass is 233 g/mol. The second-order valence-corrected chi connectivity index (χ2v) is 5.24. The van der Waals surface area contributed by atoms with E-state index in [0.29, 0.717) is 5.92 Å². The third-order valence-corrected chi connectivity index (χ3v) is 3.89. The molecular weight excluding hydrogens is 210 g/mol. The molecule has 1 saturated carbocycles. The number of nitrogens with two attached hydrogens (primary N) is 1. The van der Waals surface area contributed by atoms with E-state index in [0.717, 1.165) is 19.3 Å². The molecule has 0 heterocycles. The van der Waals surface area contributed by atoms with Gasteiger partial charge in [-0.1, -0.05) is 49.6 Å². The Morgan fingerprint density at radius 3 is 2.41 bits per heavy atom. The number of benzene rings is 1. The Bertz CT molecular complexity index is 319. The fraction of sp³-hybridized carbons (Fsp3) is 0.600. The van der Waals surface area contributed by atoms with Crippen LogP contribution < -0.4 is 5.73 Å². The summed E-state index contributed by atoms with van der Waals surface area (Å²) in [6.07, 6.45) is 6.54. The van der Waals surface area contributed by atoms with Crippen molar-refractivity contribution in [2.24, 2.45) is 11.7 Å². The van der Waals surface area contributed by atoms with Gasteiger partial charge in [-0.25, -0.2) is 0 Å². The molecule has 3 N–H and O–H groups in total. The van der Waals surface area contributed by atoms with E-state index in [9.17, 15) is 5.11 Å². The molecule has 1 unspecified atom stereocenters. The molecule has 2 nitrogen and oxygen atoms in total. The third-order valence-electron chi connectivity index (χ3n) is 3.89. The lowest BCUT2D eigenvalue weighted by Crippen LogP contribution is -2.42. The lowest BCUT2D eigenvalue weighted by atomic mass is 9.81. The van der Waals surface area contributed by atoms with Crippen molar-refractivity contribution in [2.45, 2.75) is 50.7 Å². The Labute approximate surface area is 104 Å². The van der Waals surface area contributed by atoms with Crippen LogP contribution in [0, 0.1) is 5.92 Å². The van der Waals surface area contributed by atoms with Crippen LogP contribution in [0.3, 0.4) is 0 Å². The maximum atomic E-state index is 10.3. The molecule has 0 aromatic heterocycles. The summed E-state index contributed by atoms with van der Waals surface area (Å²) in [5.74, 6) is 0.419. The SMILES string of the molecule is N[C@@H](Cc1ccccc1)C(O)C1CCCCC1. The summed E-state index contributed by atoms with van der Waals surface area (Å²) >= 11 is 0. The minimum atomic E-state index is -0.337. The molecule has 1 aliphatic carbocycles. The maximum Gasteiger partial charge on any atom is 0.0722 e. The molecule has 94 valence electrons. The quantitative estimate of drug-likeness (QED) is 0.839. The van der Waals surface area contributed by atoms with E-state index in [1.807, 2.05) is 18.2 Å². The van der Waals surface area contributed by atoms with Crippen LogP contribution in [0.15, 0.2) is 30.3 Å². The predicted octanol–water partition coefficient (Wildman–Crippen LogP) is 2.50. The number of aliphatic hydroxyl groups excluding tert-OH is 1. The lowest BCUT2D eigenvalue weighted by Gasteiger charge is -2.30. The number of hydrogen-bond donors (Lipinski definition) is 2. The minimum absolute atomic E-state index is 0.125. The zero-order valence-corrected chi connectivity index (χ0v) is 10.4. The van der Waals surface area contributed by atoms with Gasteiger partial charge in [-0.2, -0.15) is 0 Å². The fourth-order valence-electron chi connectivity index (χ4n) is 2.83. The molecule has 0 bridgehead atoms. The smallest absolute Gasteiger partial charge is 0.0722 e. The topological polar surface area (TPSA) is 46.2 Å². The summed E-state index contributed by atoms with van der Waals surface area (Å²) in [5, 5.41) is 10.3. The molecular formula is C15H23NO. The molecule has 17 heavy (non-hydrogen) atoms. The van der Waals surface area contributed by atoms with E-state index >= 15 is 0 Å². The molecule has 2 atom stereocenters. The maximum absolute atomic E-state index is 10.3. The highest BCUT2D eigenvalue weighted by Crippen LogP contribution is 2.28. The van der Waals surface area contributed by atoms with Crippen LogP contribution in [0.2, 0.25) is 0 Å². The Hall–Kier alpha value is -0.860. The Morgan fingerprint density at radius 1 is 1.12 bits per heavy atom. The van der Waals surface area contributed by atoms with E-state index in [2.05, 4.69) is 12.1 Å². The normalized spacial score (nSPS) is 21.1. The zero-order chi connectivity index (χ0) is 12.1. The van der Waals surface area contributed by atoms with Crippen molar-refractivity contribution in [3.8, 4) is 0 Å². The van der Waals surface area contributed by atoms with Gasteiger partial charge in [0.25, 0.3) is 0 Å². The molecule has 0 aliphatic heterocycles. The Kier molecular flexibility index (Phi) is 4.57. The van der Waals surface area contributed by atoms with Crippen LogP contribution in [0.1, 0.15) is 37.7 Å². The highest BCUT2D eigenvalue weighted by atomic mass is 16.3. The van der Waals surface area contributed by atoms with Crippen LogP contribution in [0.25, 0.3) is 0 Å². The highest BCUT2D eigenvalue weighted by molar-refractivity contribution is 5.16. The van der Waals surface area contributed by atoms with E-state index in [1.54, 1.807) is 0 Å². The fourth-order valence-corrected chi connectivity index (χ4v) is 2.83. The van der Waals surface area contributed by atoms with Gasteiger partial charge in [0.2, 0.25) is 0 Å². The summed E-state index contributed by atoms with van der Waals surface area (Å²) in [6, 6.07) is 10.1. The first-order valence-corrected chi connectivity index (χ1v) is 6.75. The van der Waals surface area contributed by atoms with Crippen LogP contribution >= 0.6 is 0 Å². The summed E-state index contributed by atoms with van der Waals surface area (Å²) in [7, 11) is 0. The Balaban J connectivity index is 1.88. The molecule has 2 rings (SSSR count). The summed E-state index contributed by atoms with van der Waals surface area (Å²) < 4.78 is 0. The first-order chi connectivity index (χ1) is 8.27. The van der Waals surface area contributed by atoms with E-state index in [4.69, 9.17) is 5.73 Å². The van der Waals surface area contributed by atoms with Crippen molar-refractivity contribution < 1.29 is 5.11 Å². The van der Waals surface area contributed by atoms with Crippen molar-refractivity contribution in [3.63, 3.8) is 0 Å². The average molecular weight is 233 g/mol. The van der Waals surface area contributed by atoms with Crippen molar-refractivity contribution in [1.82, 2.24) is 0 Å². The molecule has 2 heteroatoms. The number of aliphatic hydroxyl groups is 1. The van der Waals surface area contributed by atoms with Gasteiger partial charge in [0.15, 0.2) is 0 Å². The first kappa shape index (κ1) is 12.6. The molecule has 1 aromatic carbocycles. The standard InChI is InChI=1S/C15H23NO/c16-14(11-12-7-3-1-4-8-12)15(17)13-9-5-2-6-10-13/h1,3-4,7-8,13-15,17H,2,5-6,9-11,16H2/t14-,15?/m0/s1. The molecule has 0 radical (unpaired) electrons. The van der Waals surface area contributed by atoms with Crippen LogP contribution in [0.4, 0.5) is 0 Å². The number of hydrogen-bond acceptors (Lipinski definition) is 2. The molecule has 0 saturated heterocycles. The molecule has 1 aromatic rings. The molecule has 1 aliphatic rings. The van der Waals surface area contributed by atoms with Crippen molar-refractivity contribution >= 4 is 0 Å². The van der Waals surface area contributed by atoms with Gasteiger partial charge < -0.3 is 10.8 Å². The van der Waals surface area contributed by atoms with Crippen LogP contribution in [-0.2, 0) is 6.42 Å². The second kappa shape index (κ2) is 6.18. The van der Waals surface area contributed by atoms with Gasteiger partial charge in [0.05, 0.1) is 6.10 Å². The van der Waals surface area contributed by atoms with E-state index in [-0.39, 0.29) is 12.1 Å². The van der Waals surface area contributed by atoms with Gasteiger partial charge >= 0.3 is 0 Å². The largest absolute Gasteiger partial charge is 0.391 e. The lowest BCUT2D eigenvalue weighted by molar-refractivity contribution is 0.0620. The molecule has 0 spiro atoms. The van der Waals surface area contributed by atoms with Gasteiger partial charge in [-0.05, 0) is 30.7 Å². The van der Waals surface area contributed by atoms with Gasteiger partial charge in [0, 0.05) is 6.04 Å². The van der Waals surface area contributed by atoms with Crippen LogP contribution in [0.5, 0.6) is 0 Å². The predicted molar refractivity (Wildman–Crippen MR) is 70.7 cm³/mol. The highest BCUT2D eigenvalue weighted by Gasteiger charge is 2.26. The minimum Gasteiger partial charge on any atom is -0.391 e. The second-order valence-electron chi connectivity index (χ2n) is 5.24. The first-order valence-electron chi connectivity index (χ1n) is 6.75. The van der Waals surface area contributed by atoms with Crippen molar-refractivity contribution in [3.05, 3.63) is 35.9 Å². The van der Waals surface area contributed by atoms with Gasteiger partial charge in [-0.15, -0.1) is 0 Å². The van der Waals surface area contributed by atoms with E-state index in [1.165, 1.54) is 24.8 Å². The van der Waals surface area contributed by atoms with Crippen molar-refractivity contribution in [1.29, 1.82) is 0 Å². The molecule has 1 fully saturated rings. The third kappa shape index (κ3) is 3.55. The van der Waals surface area contributed by atoms with E-state index < -0.39 is 0 Å². The van der Waals surface area contributed by atoms with Crippen molar-refractivity contribution in [2.75, 3.05) is 0 Å². The number of rotatable bonds is 4. The Morgan fingerprint density at radius 2 is 1.76 bits per heavy atom. The molecule has 0 amide bonds. The summed E-state index contributed by atoms with van der Waals surface area (Å²) in [4.78, 5) is 0.